The first-order valence-electron chi connectivity index (χ1n) is 6.21. The number of amides is 1. The van der Waals surface area contributed by atoms with Crippen molar-refractivity contribution in [2.24, 2.45) is 0 Å². The van der Waals surface area contributed by atoms with Crippen molar-refractivity contribution in [1.29, 1.82) is 5.26 Å². The van der Waals surface area contributed by atoms with Gasteiger partial charge in [0, 0.05) is 12.1 Å². The molecule has 104 valence electrons. The average Bonchev–Trinajstić information content (AvgIpc) is 2.47. The number of benzene rings is 1. The van der Waals surface area contributed by atoms with Crippen LogP contribution in [0.2, 0.25) is 0 Å². The average molecular weight is 274 g/mol. The van der Waals surface area contributed by atoms with Gasteiger partial charge < -0.3 is 14.7 Å². The Balaban J connectivity index is 2.23. The number of carbonyl (C=O) groups is 2. The fraction of sp³-hybridized carbons (Fsp3) is 0.357. The minimum atomic E-state index is -1.08. The predicted molar refractivity (Wildman–Crippen MR) is 69.0 cm³/mol. The van der Waals surface area contributed by atoms with E-state index < -0.39 is 12.0 Å². The van der Waals surface area contributed by atoms with Gasteiger partial charge in [-0.25, -0.2) is 4.79 Å². The lowest BCUT2D eigenvalue weighted by Gasteiger charge is -2.32. The number of hydrogen-bond donors (Lipinski definition) is 1. The molecule has 1 N–H and O–H groups in total. The predicted octanol–water partition coefficient (Wildman–Crippen LogP) is 0.678. The molecule has 0 spiro atoms. The van der Waals surface area contributed by atoms with Crippen LogP contribution in [-0.2, 0) is 16.0 Å². The second-order valence-corrected chi connectivity index (χ2v) is 4.46. The van der Waals surface area contributed by atoms with Crippen LogP contribution in [0.1, 0.15) is 15.9 Å². The Hall–Kier alpha value is -2.39. The number of ether oxygens (including phenoxy) is 1. The van der Waals surface area contributed by atoms with Gasteiger partial charge in [-0.1, -0.05) is 12.1 Å². The number of nitriles is 1. The zero-order valence-electron chi connectivity index (χ0n) is 10.8. The Labute approximate surface area is 116 Å². The van der Waals surface area contributed by atoms with E-state index in [0.29, 0.717) is 12.2 Å². The Bertz CT molecular complexity index is 565. The molecule has 1 aromatic carbocycles. The quantitative estimate of drug-likeness (QED) is 0.875. The molecule has 1 aromatic rings. The second kappa shape index (κ2) is 6.17. The first kappa shape index (κ1) is 14.0. The van der Waals surface area contributed by atoms with E-state index in [0.717, 1.165) is 5.56 Å². The van der Waals surface area contributed by atoms with Crippen LogP contribution in [0.15, 0.2) is 24.3 Å². The van der Waals surface area contributed by atoms with Crippen LogP contribution >= 0.6 is 0 Å². The lowest BCUT2D eigenvalue weighted by Crippen LogP contribution is -2.52. The van der Waals surface area contributed by atoms with Crippen molar-refractivity contribution in [3.05, 3.63) is 35.4 Å². The summed E-state index contributed by atoms with van der Waals surface area (Å²) in [5, 5.41) is 17.8. The maximum Gasteiger partial charge on any atom is 0.328 e. The lowest BCUT2D eigenvalue weighted by molar-refractivity contribution is -0.147. The third kappa shape index (κ3) is 2.95. The molecule has 1 atom stereocenters. The molecule has 0 aliphatic carbocycles. The van der Waals surface area contributed by atoms with Crippen LogP contribution < -0.4 is 0 Å². The van der Waals surface area contributed by atoms with Crippen LogP contribution in [0, 0.1) is 11.3 Å². The molecule has 6 nitrogen and oxygen atoms in total. The summed E-state index contributed by atoms with van der Waals surface area (Å²) in [6.07, 6.45) is 0.215. The second-order valence-electron chi connectivity index (χ2n) is 4.46. The molecule has 1 heterocycles. The molecule has 2 rings (SSSR count). The number of carboxylic acids is 1. The van der Waals surface area contributed by atoms with Crippen molar-refractivity contribution in [2.45, 2.75) is 12.5 Å². The summed E-state index contributed by atoms with van der Waals surface area (Å²) in [6.45, 7) is 0.574. The molecule has 0 unspecified atom stereocenters. The Morgan fingerprint density at radius 2 is 2.30 bits per heavy atom. The molecule has 1 aliphatic heterocycles. The number of morpholine rings is 1. The number of aliphatic carboxylic acids is 1. The monoisotopic (exact) mass is 274 g/mol. The lowest BCUT2D eigenvalue weighted by atomic mass is 10.1. The van der Waals surface area contributed by atoms with E-state index in [2.05, 4.69) is 0 Å². The summed E-state index contributed by atoms with van der Waals surface area (Å²) in [7, 11) is 0. The Morgan fingerprint density at radius 3 is 3.00 bits per heavy atom. The van der Waals surface area contributed by atoms with Crippen LogP contribution in [0.4, 0.5) is 0 Å². The molecular weight excluding hydrogens is 260 g/mol. The summed E-state index contributed by atoms with van der Waals surface area (Å²) >= 11 is 0. The van der Waals surface area contributed by atoms with E-state index in [9.17, 15) is 9.59 Å². The third-order valence-corrected chi connectivity index (χ3v) is 3.13. The van der Waals surface area contributed by atoms with Gasteiger partial charge in [-0.2, -0.15) is 5.26 Å². The molecule has 1 aliphatic rings. The van der Waals surface area contributed by atoms with E-state index in [1.165, 1.54) is 4.90 Å². The molecule has 0 radical (unpaired) electrons. The standard InChI is InChI=1S/C14H14N2O4/c15-5-4-10-2-1-3-11(8-10)13(17)16-6-7-20-9-12(16)14(18)19/h1-3,8,12H,4,6-7,9H2,(H,18,19)/t12-/m0/s1. The van der Waals surface area contributed by atoms with Crippen LogP contribution in [0.25, 0.3) is 0 Å². The van der Waals surface area contributed by atoms with E-state index in [1.807, 2.05) is 6.07 Å². The molecule has 6 heteroatoms. The van der Waals surface area contributed by atoms with Crippen LogP contribution in [-0.4, -0.2) is 47.7 Å². The smallest absolute Gasteiger partial charge is 0.328 e. The van der Waals surface area contributed by atoms with Gasteiger partial charge in [-0.05, 0) is 17.7 Å². The normalized spacial score (nSPS) is 18.4. The van der Waals surface area contributed by atoms with Gasteiger partial charge in [0.15, 0.2) is 6.04 Å². The minimum Gasteiger partial charge on any atom is -0.480 e. The highest BCUT2D eigenvalue weighted by Crippen LogP contribution is 2.14. The van der Waals surface area contributed by atoms with Crippen molar-refractivity contribution >= 4 is 11.9 Å². The third-order valence-electron chi connectivity index (χ3n) is 3.13. The maximum absolute atomic E-state index is 12.4. The highest BCUT2D eigenvalue weighted by atomic mass is 16.5. The van der Waals surface area contributed by atoms with Gasteiger partial charge in [0.25, 0.3) is 5.91 Å². The topological polar surface area (TPSA) is 90.6 Å². The summed E-state index contributed by atoms with van der Waals surface area (Å²) in [4.78, 5) is 24.9. The van der Waals surface area contributed by atoms with Gasteiger partial charge in [0.1, 0.15) is 0 Å². The molecule has 0 bridgehead atoms. The number of nitrogens with zero attached hydrogens (tertiary/aromatic N) is 2. The number of carboxylic acid groups (broad SMARTS) is 1. The summed E-state index contributed by atoms with van der Waals surface area (Å²) < 4.78 is 5.10. The van der Waals surface area contributed by atoms with Gasteiger partial charge >= 0.3 is 5.97 Å². The van der Waals surface area contributed by atoms with Crippen molar-refractivity contribution in [3.8, 4) is 6.07 Å². The molecule has 1 saturated heterocycles. The van der Waals surface area contributed by atoms with Crippen LogP contribution in [0.5, 0.6) is 0 Å². The van der Waals surface area contributed by atoms with Crippen molar-refractivity contribution < 1.29 is 19.4 Å². The first-order valence-corrected chi connectivity index (χ1v) is 6.21. The fourth-order valence-corrected chi connectivity index (χ4v) is 2.12. The van der Waals surface area contributed by atoms with Crippen LogP contribution in [0.3, 0.4) is 0 Å². The molecular formula is C14H14N2O4. The van der Waals surface area contributed by atoms with Crippen molar-refractivity contribution in [3.63, 3.8) is 0 Å². The SMILES string of the molecule is N#CCc1cccc(C(=O)N2CCOC[C@H]2C(=O)O)c1. The summed E-state index contributed by atoms with van der Waals surface area (Å²) in [5.74, 6) is -1.42. The number of hydrogen-bond acceptors (Lipinski definition) is 4. The van der Waals surface area contributed by atoms with Gasteiger partial charge in [-0.15, -0.1) is 0 Å². The number of carbonyl (C=O) groups excluding carboxylic acids is 1. The molecule has 20 heavy (non-hydrogen) atoms. The van der Waals surface area contributed by atoms with Gasteiger partial charge in [-0.3, -0.25) is 4.79 Å². The van der Waals surface area contributed by atoms with Crippen molar-refractivity contribution in [2.75, 3.05) is 19.8 Å². The maximum atomic E-state index is 12.4. The molecule has 1 fully saturated rings. The fourth-order valence-electron chi connectivity index (χ4n) is 2.12. The highest BCUT2D eigenvalue weighted by Gasteiger charge is 2.33. The molecule has 0 saturated carbocycles. The van der Waals surface area contributed by atoms with Crippen molar-refractivity contribution in [1.82, 2.24) is 4.90 Å². The largest absolute Gasteiger partial charge is 0.480 e. The minimum absolute atomic E-state index is 0.00103. The van der Waals surface area contributed by atoms with E-state index in [4.69, 9.17) is 15.1 Å². The zero-order valence-corrected chi connectivity index (χ0v) is 10.8. The van der Waals surface area contributed by atoms with E-state index in [-0.39, 0.29) is 25.5 Å². The number of rotatable bonds is 3. The molecule has 1 amide bonds. The Morgan fingerprint density at radius 1 is 1.50 bits per heavy atom. The Kier molecular flexibility index (Phi) is 4.33. The summed E-state index contributed by atoms with van der Waals surface area (Å²) in [6, 6.07) is 7.75. The first-order chi connectivity index (χ1) is 9.63. The molecule has 0 aromatic heterocycles. The summed E-state index contributed by atoms with van der Waals surface area (Å²) in [5.41, 5.74) is 1.13. The highest BCUT2D eigenvalue weighted by molar-refractivity contribution is 5.97. The van der Waals surface area contributed by atoms with E-state index >= 15 is 0 Å². The van der Waals surface area contributed by atoms with E-state index in [1.54, 1.807) is 24.3 Å². The van der Waals surface area contributed by atoms with Gasteiger partial charge in [0.2, 0.25) is 0 Å². The zero-order chi connectivity index (χ0) is 14.5. The van der Waals surface area contributed by atoms with Gasteiger partial charge in [0.05, 0.1) is 25.7 Å².